The minimum absolute atomic E-state index is 0.163. The van der Waals surface area contributed by atoms with E-state index in [9.17, 15) is 0 Å². The van der Waals surface area contributed by atoms with Crippen LogP contribution in [0.1, 0.15) is 50.7 Å². The molecule has 1 saturated heterocycles. The summed E-state index contributed by atoms with van der Waals surface area (Å²) in [6.45, 7) is 9.17. The van der Waals surface area contributed by atoms with E-state index in [-0.39, 0.29) is 12.7 Å². The summed E-state index contributed by atoms with van der Waals surface area (Å²) in [5, 5.41) is 12.7. The average Bonchev–Trinajstić information content (AvgIpc) is 2.74. The standard InChI is InChI=1S/C24H32N4O2/c1-6-18-10-11-20(22(13-18)30-16-29-7-2)24-21(17(3)4)14-23(26-27-24)25-19-9-8-12-28(5)15-19/h1,10-11,13-14,17,19H,7-9,12,15-16H2,2-5H3,(H,25,26)/t19-/m1/s1. The van der Waals surface area contributed by atoms with Crippen LogP contribution in [0.25, 0.3) is 11.3 Å². The van der Waals surface area contributed by atoms with Gasteiger partial charge in [-0.25, -0.2) is 0 Å². The zero-order valence-electron chi connectivity index (χ0n) is 18.4. The number of aromatic nitrogens is 2. The van der Waals surface area contributed by atoms with Gasteiger partial charge in [0.1, 0.15) is 17.3 Å². The maximum Gasteiger partial charge on any atom is 0.189 e. The topological polar surface area (TPSA) is 59.5 Å². The molecule has 0 bridgehead atoms. The minimum Gasteiger partial charge on any atom is -0.467 e. The third-order valence-electron chi connectivity index (χ3n) is 5.33. The normalized spacial score (nSPS) is 17.0. The molecular weight excluding hydrogens is 376 g/mol. The lowest BCUT2D eigenvalue weighted by molar-refractivity contribution is 0.0227. The van der Waals surface area contributed by atoms with Gasteiger partial charge < -0.3 is 19.7 Å². The van der Waals surface area contributed by atoms with Crippen LogP contribution in [0.5, 0.6) is 5.75 Å². The van der Waals surface area contributed by atoms with E-state index >= 15 is 0 Å². The summed E-state index contributed by atoms with van der Waals surface area (Å²) in [6, 6.07) is 8.21. The zero-order valence-corrected chi connectivity index (χ0v) is 18.4. The summed E-state index contributed by atoms with van der Waals surface area (Å²) in [5.41, 5.74) is 3.55. The quantitative estimate of drug-likeness (QED) is 0.403. The second-order valence-electron chi connectivity index (χ2n) is 8.04. The van der Waals surface area contributed by atoms with Crippen LogP contribution in [-0.2, 0) is 4.74 Å². The highest BCUT2D eigenvalue weighted by molar-refractivity contribution is 5.72. The first-order valence-electron chi connectivity index (χ1n) is 10.7. The number of rotatable bonds is 8. The summed E-state index contributed by atoms with van der Waals surface area (Å²) in [5.74, 6) is 4.41. The molecule has 0 unspecified atom stereocenters. The first kappa shape index (κ1) is 22.1. The van der Waals surface area contributed by atoms with Gasteiger partial charge in [-0.05, 0) is 69.1 Å². The summed E-state index contributed by atoms with van der Waals surface area (Å²) in [7, 11) is 2.16. The molecule has 1 N–H and O–H groups in total. The Morgan fingerprint density at radius 1 is 1.30 bits per heavy atom. The van der Waals surface area contributed by atoms with Crippen molar-refractivity contribution < 1.29 is 9.47 Å². The van der Waals surface area contributed by atoms with Gasteiger partial charge in [-0.1, -0.05) is 19.8 Å². The van der Waals surface area contributed by atoms with Crippen molar-refractivity contribution in [1.29, 1.82) is 0 Å². The lowest BCUT2D eigenvalue weighted by atomic mass is 9.96. The Bertz CT molecular complexity index is 891. The first-order chi connectivity index (χ1) is 14.5. The van der Waals surface area contributed by atoms with Gasteiger partial charge in [0, 0.05) is 30.3 Å². The van der Waals surface area contributed by atoms with Crippen LogP contribution >= 0.6 is 0 Å². The highest BCUT2D eigenvalue weighted by Crippen LogP contribution is 2.35. The van der Waals surface area contributed by atoms with Gasteiger partial charge in [-0.3, -0.25) is 0 Å². The number of hydrogen-bond donors (Lipinski definition) is 1. The van der Waals surface area contributed by atoms with Crippen molar-refractivity contribution in [2.45, 2.75) is 45.6 Å². The van der Waals surface area contributed by atoms with E-state index in [0.29, 0.717) is 18.4 Å². The number of likely N-dealkylation sites (N-methyl/N-ethyl adjacent to an activating group) is 1. The number of piperidine rings is 1. The molecule has 3 rings (SSSR count). The number of ether oxygens (including phenoxy) is 2. The van der Waals surface area contributed by atoms with Gasteiger partial charge in [0.2, 0.25) is 0 Å². The van der Waals surface area contributed by atoms with Gasteiger partial charge in [0.05, 0.1) is 0 Å². The Morgan fingerprint density at radius 3 is 2.83 bits per heavy atom. The van der Waals surface area contributed by atoms with E-state index in [4.69, 9.17) is 15.9 Å². The molecule has 1 aliphatic heterocycles. The predicted octanol–water partition coefficient (Wildman–Crippen LogP) is 4.13. The second-order valence-corrected chi connectivity index (χ2v) is 8.04. The van der Waals surface area contributed by atoms with Crippen molar-refractivity contribution >= 4 is 5.82 Å². The largest absolute Gasteiger partial charge is 0.467 e. The van der Waals surface area contributed by atoms with Gasteiger partial charge in [-0.15, -0.1) is 16.6 Å². The molecule has 1 aromatic carbocycles. The number of nitrogens with one attached hydrogen (secondary N) is 1. The second kappa shape index (κ2) is 10.4. The van der Waals surface area contributed by atoms with Crippen LogP contribution < -0.4 is 10.1 Å². The van der Waals surface area contributed by atoms with Crippen LogP contribution in [0.3, 0.4) is 0 Å². The van der Waals surface area contributed by atoms with E-state index in [1.807, 2.05) is 25.1 Å². The summed E-state index contributed by atoms with van der Waals surface area (Å²) >= 11 is 0. The molecule has 0 saturated carbocycles. The smallest absolute Gasteiger partial charge is 0.189 e. The highest BCUT2D eigenvalue weighted by atomic mass is 16.7. The SMILES string of the molecule is C#Cc1ccc(-c2nnc(N[C@@H]3CCCN(C)C3)cc2C(C)C)c(OCOCC)c1. The predicted molar refractivity (Wildman–Crippen MR) is 121 cm³/mol. The number of terminal acetylenes is 1. The molecule has 1 atom stereocenters. The molecule has 2 heterocycles. The zero-order chi connectivity index (χ0) is 21.5. The van der Waals surface area contributed by atoms with E-state index in [1.54, 1.807) is 0 Å². The molecule has 0 amide bonds. The van der Waals surface area contributed by atoms with E-state index in [1.165, 1.54) is 6.42 Å². The molecule has 2 aromatic rings. The molecule has 0 radical (unpaired) electrons. The number of anilines is 1. The van der Waals surface area contributed by atoms with Crippen molar-refractivity contribution in [1.82, 2.24) is 15.1 Å². The summed E-state index contributed by atoms with van der Waals surface area (Å²) < 4.78 is 11.2. The molecule has 6 heteroatoms. The third kappa shape index (κ3) is 5.50. The molecule has 1 fully saturated rings. The molecule has 0 aliphatic carbocycles. The van der Waals surface area contributed by atoms with Crippen LogP contribution in [-0.4, -0.2) is 54.7 Å². The fourth-order valence-corrected chi connectivity index (χ4v) is 3.74. The summed E-state index contributed by atoms with van der Waals surface area (Å²) in [6.07, 6.45) is 7.92. The Balaban J connectivity index is 1.92. The fourth-order valence-electron chi connectivity index (χ4n) is 3.74. The Kier molecular flexibility index (Phi) is 7.67. The van der Waals surface area contributed by atoms with Crippen molar-refractivity contribution in [2.24, 2.45) is 0 Å². The van der Waals surface area contributed by atoms with Crippen molar-refractivity contribution in [2.75, 3.05) is 38.9 Å². The fraction of sp³-hybridized carbons (Fsp3) is 0.500. The number of likely N-dealkylation sites (tertiary alicyclic amines) is 1. The van der Waals surface area contributed by atoms with Crippen LogP contribution in [0.2, 0.25) is 0 Å². The number of benzene rings is 1. The monoisotopic (exact) mass is 408 g/mol. The van der Waals surface area contributed by atoms with Crippen LogP contribution in [0.15, 0.2) is 24.3 Å². The van der Waals surface area contributed by atoms with Crippen molar-refractivity contribution in [3.63, 3.8) is 0 Å². The highest BCUT2D eigenvalue weighted by Gasteiger charge is 2.20. The molecule has 6 nitrogen and oxygen atoms in total. The molecule has 1 aromatic heterocycles. The maximum atomic E-state index is 5.87. The molecular formula is C24H32N4O2. The van der Waals surface area contributed by atoms with E-state index in [2.05, 4.69) is 53.3 Å². The summed E-state index contributed by atoms with van der Waals surface area (Å²) in [4.78, 5) is 2.35. The molecule has 0 spiro atoms. The molecule has 160 valence electrons. The van der Waals surface area contributed by atoms with Crippen LogP contribution in [0, 0.1) is 12.3 Å². The van der Waals surface area contributed by atoms with Gasteiger partial charge >= 0.3 is 0 Å². The van der Waals surface area contributed by atoms with E-state index in [0.717, 1.165) is 47.7 Å². The lowest BCUT2D eigenvalue weighted by Crippen LogP contribution is -2.40. The lowest BCUT2D eigenvalue weighted by Gasteiger charge is -2.30. The van der Waals surface area contributed by atoms with E-state index < -0.39 is 0 Å². The van der Waals surface area contributed by atoms with Gasteiger partial charge in [0.25, 0.3) is 0 Å². The average molecular weight is 409 g/mol. The Labute approximate surface area is 180 Å². The van der Waals surface area contributed by atoms with Crippen molar-refractivity contribution in [3.8, 4) is 29.4 Å². The number of nitrogens with zero attached hydrogens (tertiary/aromatic N) is 3. The molecule has 30 heavy (non-hydrogen) atoms. The number of hydrogen-bond acceptors (Lipinski definition) is 6. The maximum absolute atomic E-state index is 5.87. The van der Waals surface area contributed by atoms with Gasteiger partial charge in [0.15, 0.2) is 6.79 Å². The minimum atomic E-state index is 0.163. The third-order valence-corrected chi connectivity index (χ3v) is 5.33. The molecule has 1 aliphatic rings. The Morgan fingerprint density at radius 2 is 2.13 bits per heavy atom. The van der Waals surface area contributed by atoms with Crippen molar-refractivity contribution in [3.05, 3.63) is 35.4 Å². The van der Waals surface area contributed by atoms with Gasteiger partial charge in [-0.2, -0.15) is 0 Å². The Hall–Kier alpha value is -2.62. The first-order valence-corrected chi connectivity index (χ1v) is 10.7. The van der Waals surface area contributed by atoms with Crippen LogP contribution in [0.4, 0.5) is 5.82 Å².